The smallest absolute Gasteiger partial charge is 0.339 e. The van der Waals surface area contributed by atoms with Crippen LogP contribution in [0, 0.1) is 12.8 Å². The lowest BCUT2D eigenvalue weighted by molar-refractivity contribution is -0.119. The molecule has 1 aromatic carbocycles. The SMILES string of the molecule is COC(=O)c1cc(C)ccc1NC(=O)C1CCN(C)C1. The van der Waals surface area contributed by atoms with Crippen LogP contribution in [-0.4, -0.2) is 44.0 Å². The van der Waals surface area contributed by atoms with Crippen LogP contribution in [0.5, 0.6) is 0 Å². The number of ether oxygens (including phenoxy) is 1. The molecule has 1 saturated heterocycles. The van der Waals surface area contributed by atoms with Gasteiger partial charge in [-0.25, -0.2) is 4.79 Å². The van der Waals surface area contributed by atoms with E-state index in [0.717, 1.165) is 25.1 Å². The van der Waals surface area contributed by atoms with Gasteiger partial charge in [-0.2, -0.15) is 0 Å². The fourth-order valence-corrected chi connectivity index (χ4v) is 2.43. The predicted octanol–water partition coefficient (Wildman–Crippen LogP) is 1.67. The standard InChI is InChI=1S/C15H20N2O3/c1-10-4-5-13(12(8-10)15(19)20-3)16-14(18)11-6-7-17(2)9-11/h4-5,8,11H,6-7,9H2,1-3H3,(H,16,18). The molecular weight excluding hydrogens is 256 g/mol. The molecule has 0 radical (unpaired) electrons. The molecule has 0 saturated carbocycles. The molecule has 1 heterocycles. The van der Waals surface area contributed by atoms with Crippen molar-refractivity contribution in [3.05, 3.63) is 29.3 Å². The van der Waals surface area contributed by atoms with E-state index in [9.17, 15) is 9.59 Å². The number of hydrogen-bond donors (Lipinski definition) is 1. The number of methoxy groups -OCH3 is 1. The van der Waals surface area contributed by atoms with Crippen molar-refractivity contribution in [3.8, 4) is 0 Å². The van der Waals surface area contributed by atoms with Gasteiger partial charge < -0.3 is 15.0 Å². The van der Waals surface area contributed by atoms with E-state index < -0.39 is 5.97 Å². The molecule has 5 heteroatoms. The summed E-state index contributed by atoms with van der Waals surface area (Å²) in [4.78, 5) is 26.1. The first kappa shape index (κ1) is 14.5. The molecular formula is C15H20N2O3. The predicted molar refractivity (Wildman–Crippen MR) is 76.8 cm³/mol. The molecule has 0 aliphatic carbocycles. The van der Waals surface area contributed by atoms with E-state index in [1.54, 1.807) is 12.1 Å². The third-order valence-electron chi connectivity index (χ3n) is 3.60. The van der Waals surface area contributed by atoms with Gasteiger partial charge in [-0.3, -0.25) is 4.79 Å². The van der Waals surface area contributed by atoms with Crippen molar-refractivity contribution in [2.75, 3.05) is 32.6 Å². The van der Waals surface area contributed by atoms with Crippen LogP contribution in [0.3, 0.4) is 0 Å². The quantitative estimate of drug-likeness (QED) is 0.853. The summed E-state index contributed by atoms with van der Waals surface area (Å²) in [6.07, 6.45) is 0.849. The van der Waals surface area contributed by atoms with Crippen molar-refractivity contribution in [3.63, 3.8) is 0 Å². The summed E-state index contributed by atoms with van der Waals surface area (Å²) in [5.41, 5.74) is 1.86. The molecule has 2 rings (SSSR count). The minimum absolute atomic E-state index is 0.0215. The molecule has 1 atom stereocenters. The highest BCUT2D eigenvalue weighted by atomic mass is 16.5. The minimum Gasteiger partial charge on any atom is -0.465 e. The number of esters is 1. The second kappa shape index (κ2) is 6.05. The van der Waals surface area contributed by atoms with Gasteiger partial charge in [0.15, 0.2) is 0 Å². The zero-order chi connectivity index (χ0) is 14.7. The third kappa shape index (κ3) is 3.17. The first-order chi connectivity index (χ1) is 9.51. The molecule has 1 aliphatic rings. The molecule has 20 heavy (non-hydrogen) atoms. The summed E-state index contributed by atoms with van der Waals surface area (Å²) < 4.78 is 4.76. The number of amides is 1. The topological polar surface area (TPSA) is 58.6 Å². The zero-order valence-electron chi connectivity index (χ0n) is 12.1. The van der Waals surface area contributed by atoms with Crippen molar-refractivity contribution >= 4 is 17.6 Å². The lowest BCUT2D eigenvalue weighted by Gasteiger charge is -2.14. The maximum atomic E-state index is 12.2. The number of benzene rings is 1. The molecule has 1 amide bonds. The van der Waals surface area contributed by atoms with E-state index in [4.69, 9.17) is 4.74 Å². The Kier molecular flexibility index (Phi) is 4.39. The summed E-state index contributed by atoms with van der Waals surface area (Å²) in [5.74, 6) is -0.498. The maximum absolute atomic E-state index is 12.2. The number of carbonyl (C=O) groups excluding carboxylic acids is 2. The Morgan fingerprint density at radius 2 is 2.15 bits per heavy atom. The van der Waals surface area contributed by atoms with E-state index in [1.807, 2.05) is 20.0 Å². The average molecular weight is 276 g/mol. The van der Waals surface area contributed by atoms with Crippen molar-refractivity contribution in [2.45, 2.75) is 13.3 Å². The molecule has 108 valence electrons. The molecule has 0 bridgehead atoms. The lowest BCUT2D eigenvalue weighted by atomic mass is 10.1. The maximum Gasteiger partial charge on any atom is 0.339 e. The van der Waals surface area contributed by atoms with Crippen LogP contribution in [0.25, 0.3) is 0 Å². The van der Waals surface area contributed by atoms with Crippen molar-refractivity contribution in [1.29, 1.82) is 0 Å². The largest absolute Gasteiger partial charge is 0.465 e. The van der Waals surface area contributed by atoms with Crippen molar-refractivity contribution < 1.29 is 14.3 Å². The molecule has 1 fully saturated rings. The Morgan fingerprint density at radius 3 is 2.75 bits per heavy atom. The van der Waals surface area contributed by atoms with Crippen molar-refractivity contribution in [1.82, 2.24) is 4.90 Å². The van der Waals surface area contributed by atoms with Gasteiger partial charge in [0.25, 0.3) is 0 Å². The monoisotopic (exact) mass is 276 g/mol. The molecule has 0 spiro atoms. The van der Waals surface area contributed by atoms with Gasteiger partial charge in [0, 0.05) is 6.54 Å². The van der Waals surface area contributed by atoms with Crippen LogP contribution in [0.2, 0.25) is 0 Å². The summed E-state index contributed by atoms with van der Waals surface area (Å²) in [6, 6.07) is 5.34. The van der Waals surface area contributed by atoms with E-state index >= 15 is 0 Å². The van der Waals surface area contributed by atoms with Gasteiger partial charge in [-0.15, -0.1) is 0 Å². The normalized spacial score (nSPS) is 18.9. The average Bonchev–Trinajstić information content (AvgIpc) is 2.86. The highest BCUT2D eigenvalue weighted by molar-refractivity contribution is 6.02. The summed E-state index contributed by atoms with van der Waals surface area (Å²) in [6.45, 7) is 3.57. The van der Waals surface area contributed by atoms with Crippen LogP contribution in [0.4, 0.5) is 5.69 Å². The molecule has 0 aromatic heterocycles. The molecule has 1 aliphatic heterocycles. The molecule has 5 nitrogen and oxygen atoms in total. The van der Waals surface area contributed by atoms with Crippen LogP contribution in [0.15, 0.2) is 18.2 Å². The number of nitrogens with zero attached hydrogens (tertiary/aromatic N) is 1. The van der Waals surface area contributed by atoms with Gasteiger partial charge >= 0.3 is 5.97 Å². The Labute approximate surface area is 118 Å². The van der Waals surface area contributed by atoms with Gasteiger partial charge in [0.1, 0.15) is 0 Å². The second-order valence-corrected chi connectivity index (χ2v) is 5.28. The summed E-state index contributed by atoms with van der Waals surface area (Å²) in [5, 5.41) is 2.85. The van der Waals surface area contributed by atoms with E-state index in [-0.39, 0.29) is 11.8 Å². The number of aryl methyl sites for hydroxylation is 1. The number of rotatable bonds is 3. The third-order valence-corrected chi connectivity index (χ3v) is 3.60. The van der Waals surface area contributed by atoms with Gasteiger partial charge in [-0.05, 0) is 39.1 Å². The van der Waals surface area contributed by atoms with E-state index in [2.05, 4.69) is 10.2 Å². The fraction of sp³-hybridized carbons (Fsp3) is 0.467. The summed E-state index contributed by atoms with van der Waals surface area (Å²) >= 11 is 0. The van der Waals surface area contributed by atoms with E-state index in [0.29, 0.717) is 11.3 Å². The number of carbonyl (C=O) groups is 2. The summed E-state index contributed by atoms with van der Waals surface area (Å²) in [7, 11) is 3.33. The van der Waals surface area contributed by atoms with Gasteiger partial charge in [-0.1, -0.05) is 11.6 Å². The van der Waals surface area contributed by atoms with Crippen LogP contribution >= 0.6 is 0 Å². The Bertz CT molecular complexity index is 528. The number of anilines is 1. The fourth-order valence-electron chi connectivity index (χ4n) is 2.43. The van der Waals surface area contributed by atoms with Crippen LogP contribution in [0.1, 0.15) is 22.3 Å². The number of likely N-dealkylation sites (tertiary alicyclic amines) is 1. The molecule has 1 N–H and O–H groups in total. The number of nitrogens with one attached hydrogen (secondary N) is 1. The van der Waals surface area contributed by atoms with Gasteiger partial charge in [0.2, 0.25) is 5.91 Å². The lowest BCUT2D eigenvalue weighted by Crippen LogP contribution is -2.26. The Balaban J connectivity index is 2.16. The van der Waals surface area contributed by atoms with Crippen LogP contribution in [-0.2, 0) is 9.53 Å². The van der Waals surface area contributed by atoms with E-state index in [1.165, 1.54) is 7.11 Å². The van der Waals surface area contributed by atoms with Crippen molar-refractivity contribution in [2.24, 2.45) is 5.92 Å². The highest BCUT2D eigenvalue weighted by Gasteiger charge is 2.27. The molecule has 1 aromatic rings. The Hall–Kier alpha value is -1.88. The first-order valence-corrected chi connectivity index (χ1v) is 6.69. The second-order valence-electron chi connectivity index (χ2n) is 5.28. The first-order valence-electron chi connectivity index (χ1n) is 6.69. The van der Waals surface area contributed by atoms with Crippen LogP contribution < -0.4 is 5.32 Å². The minimum atomic E-state index is -0.437. The highest BCUT2D eigenvalue weighted by Crippen LogP contribution is 2.21. The zero-order valence-corrected chi connectivity index (χ0v) is 12.1. The molecule has 1 unspecified atom stereocenters. The Morgan fingerprint density at radius 1 is 1.40 bits per heavy atom. The number of hydrogen-bond acceptors (Lipinski definition) is 4. The van der Waals surface area contributed by atoms with Gasteiger partial charge in [0.05, 0.1) is 24.3 Å².